The normalized spacial score (nSPS) is 12.1. The van der Waals surface area contributed by atoms with Gasteiger partial charge in [0.2, 0.25) is 5.76 Å². The average Bonchev–Trinajstić information content (AvgIpc) is 3.16. The quantitative estimate of drug-likeness (QED) is 0.583. The zero-order chi connectivity index (χ0) is 21.1. The summed E-state index contributed by atoms with van der Waals surface area (Å²) in [5.74, 6) is -0.809. The van der Waals surface area contributed by atoms with E-state index < -0.39 is 23.6 Å². The molecule has 0 aliphatic rings. The van der Waals surface area contributed by atoms with Crippen molar-refractivity contribution in [3.05, 3.63) is 63.9 Å². The van der Waals surface area contributed by atoms with Crippen molar-refractivity contribution in [1.29, 1.82) is 0 Å². The molecule has 0 fully saturated rings. The number of nitrogens with one attached hydrogen (secondary N) is 1. The number of hydrogen-bond acceptors (Lipinski definition) is 6. The minimum Gasteiger partial charge on any atom is -0.483 e. The first-order valence-electron chi connectivity index (χ1n) is 9.10. The largest absolute Gasteiger partial charge is 0.483 e. The van der Waals surface area contributed by atoms with Gasteiger partial charge in [-0.05, 0) is 43.2 Å². The van der Waals surface area contributed by atoms with Crippen LogP contribution in [-0.2, 0) is 0 Å². The Morgan fingerprint density at radius 3 is 2.52 bits per heavy atom. The smallest absolute Gasteiger partial charge is 0.371 e. The first-order valence-corrected chi connectivity index (χ1v) is 9.10. The Kier molecular flexibility index (Phi) is 5.72. The maximum Gasteiger partial charge on any atom is 0.371 e. The van der Waals surface area contributed by atoms with E-state index in [-0.39, 0.29) is 22.8 Å². The van der Waals surface area contributed by atoms with Crippen LogP contribution in [0.5, 0.6) is 5.75 Å². The van der Waals surface area contributed by atoms with Crippen LogP contribution in [0.3, 0.4) is 0 Å². The van der Waals surface area contributed by atoms with Crippen molar-refractivity contribution in [2.45, 2.75) is 26.9 Å². The van der Waals surface area contributed by atoms with E-state index in [1.54, 1.807) is 19.1 Å². The van der Waals surface area contributed by atoms with Gasteiger partial charge in [0, 0.05) is 18.0 Å². The molecule has 2 N–H and O–H groups in total. The molecule has 8 heteroatoms. The van der Waals surface area contributed by atoms with Crippen molar-refractivity contribution in [2.24, 2.45) is 5.92 Å². The fourth-order valence-corrected chi connectivity index (χ4v) is 2.66. The van der Waals surface area contributed by atoms with E-state index in [1.807, 2.05) is 13.8 Å². The molecule has 1 atom stereocenters. The Labute approximate surface area is 166 Å². The third kappa shape index (κ3) is 4.66. The Hall–Kier alpha value is -3.55. The van der Waals surface area contributed by atoms with Crippen LogP contribution in [0.1, 0.15) is 53.5 Å². The van der Waals surface area contributed by atoms with Crippen molar-refractivity contribution < 1.29 is 28.3 Å². The minimum atomic E-state index is -1.16. The maximum atomic E-state index is 12.2. The Morgan fingerprint density at radius 2 is 1.86 bits per heavy atom. The number of furan rings is 1. The lowest BCUT2D eigenvalue weighted by molar-refractivity contribution is 0.0655. The van der Waals surface area contributed by atoms with E-state index >= 15 is 0 Å². The summed E-state index contributed by atoms with van der Waals surface area (Å²) in [5.41, 5.74) is -0.524. The van der Waals surface area contributed by atoms with Crippen molar-refractivity contribution in [3.63, 3.8) is 0 Å². The molecule has 29 heavy (non-hydrogen) atoms. The number of carboxylic acids is 1. The molecule has 0 bridgehead atoms. The van der Waals surface area contributed by atoms with Crippen LogP contribution in [0.15, 0.2) is 50.0 Å². The molecule has 2 heterocycles. The predicted octanol–water partition coefficient (Wildman–Crippen LogP) is 3.61. The maximum absolute atomic E-state index is 12.2. The summed E-state index contributed by atoms with van der Waals surface area (Å²) in [6, 6.07) is 9.22. The topological polar surface area (TPSA) is 119 Å². The van der Waals surface area contributed by atoms with Crippen molar-refractivity contribution in [3.8, 4) is 5.75 Å². The van der Waals surface area contributed by atoms with Crippen molar-refractivity contribution >= 4 is 22.8 Å². The van der Waals surface area contributed by atoms with Gasteiger partial charge in [-0.15, -0.1) is 0 Å². The van der Waals surface area contributed by atoms with Gasteiger partial charge in [-0.3, -0.25) is 4.79 Å². The Balaban J connectivity index is 1.81. The SMILES string of the molecule is CC(C)CNC(=O)c1cc2ccc(OC(C)c3ccc(C(=O)O)o3)cc2oc1=O. The Bertz CT molecular complexity index is 1110. The molecule has 1 aromatic carbocycles. The van der Waals surface area contributed by atoms with Crippen molar-refractivity contribution in [1.82, 2.24) is 5.32 Å². The molecular formula is C21H21NO7. The number of rotatable bonds is 7. The van der Waals surface area contributed by atoms with Crippen LogP contribution >= 0.6 is 0 Å². The lowest BCUT2D eigenvalue weighted by Crippen LogP contribution is -2.31. The van der Waals surface area contributed by atoms with E-state index in [4.69, 9.17) is 18.7 Å². The number of benzene rings is 1. The number of carbonyl (C=O) groups is 2. The second kappa shape index (κ2) is 8.22. The summed E-state index contributed by atoms with van der Waals surface area (Å²) < 4.78 is 16.3. The molecule has 2 aromatic heterocycles. The highest BCUT2D eigenvalue weighted by atomic mass is 16.5. The van der Waals surface area contributed by atoms with Gasteiger partial charge in [-0.25, -0.2) is 9.59 Å². The van der Waals surface area contributed by atoms with Crippen LogP contribution in [0, 0.1) is 5.92 Å². The number of ether oxygens (including phenoxy) is 1. The Morgan fingerprint density at radius 1 is 1.10 bits per heavy atom. The van der Waals surface area contributed by atoms with Gasteiger partial charge in [-0.2, -0.15) is 0 Å². The summed E-state index contributed by atoms with van der Waals surface area (Å²) in [4.78, 5) is 35.3. The lowest BCUT2D eigenvalue weighted by Gasteiger charge is -2.13. The highest BCUT2D eigenvalue weighted by Crippen LogP contribution is 2.26. The van der Waals surface area contributed by atoms with E-state index in [1.165, 1.54) is 24.3 Å². The molecule has 0 saturated heterocycles. The molecule has 152 valence electrons. The van der Waals surface area contributed by atoms with Gasteiger partial charge >= 0.3 is 11.6 Å². The van der Waals surface area contributed by atoms with Crippen LogP contribution in [0.25, 0.3) is 11.0 Å². The fourth-order valence-electron chi connectivity index (χ4n) is 2.66. The molecular weight excluding hydrogens is 378 g/mol. The minimum absolute atomic E-state index is 0.0584. The molecule has 0 saturated carbocycles. The first kappa shape index (κ1) is 20.2. The second-order valence-electron chi connectivity index (χ2n) is 7.02. The molecule has 0 radical (unpaired) electrons. The van der Waals surface area contributed by atoms with Gasteiger partial charge in [0.25, 0.3) is 5.91 Å². The summed E-state index contributed by atoms with van der Waals surface area (Å²) in [6.07, 6.45) is -0.562. The monoisotopic (exact) mass is 399 g/mol. The number of carboxylic acid groups (broad SMARTS) is 1. The molecule has 3 aromatic rings. The number of amides is 1. The molecule has 8 nitrogen and oxygen atoms in total. The molecule has 0 spiro atoms. The highest BCUT2D eigenvalue weighted by molar-refractivity contribution is 5.96. The first-order chi connectivity index (χ1) is 13.7. The zero-order valence-electron chi connectivity index (χ0n) is 16.2. The van der Waals surface area contributed by atoms with Gasteiger partial charge in [0.1, 0.15) is 22.7 Å². The van der Waals surface area contributed by atoms with Gasteiger partial charge in [-0.1, -0.05) is 13.8 Å². The van der Waals surface area contributed by atoms with Gasteiger partial charge in [0.05, 0.1) is 0 Å². The lowest BCUT2D eigenvalue weighted by atomic mass is 10.1. The van der Waals surface area contributed by atoms with E-state index in [0.29, 0.717) is 23.4 Å². The standard InChI is InChI=1S/C21H21NO7/c1-11(2)10-22-19(23)15-8-13-4-5-14(9-18(13)29-21(15)26)27-12(3)16-6-7-17(28-16)20(24)25/h4-9,11-12H,10H2,1-3H3,(H,22,23)(H,24,25). The fraction of sp³-hybridized carbons (Fsp3) is 0.286. The average molecular weight is 399 g/mol. The van der Waals surface area contributed by atoms with E-state index in [2.05, 4.69) is 5.32 Å². The number of hydrogen-bond donors (Lipinski definition) is 2. The molecule has 0 aliphatic heterocycles. The molecule has 1 unspecified atom stereocenters. The summed E-state index contributed by atoms with van der Waals surface area (Å²) in [5, 5.41) is 12.2. The summed E-state index contributed by atoms with van der Waals surface area (Å²) in [7, 11) is 0. The molecule has 1 amide bonds. The van der Waals surface area contributed by atoms with Crippen LogP contribution in [0.2, 0.25) is 0 Å². The third-order valence-corrected chi connectivity index (χ3v) is 4.17. The second-order valence-corrected chi connectivity index (χ2v) is 7.02. The van der Waals surface area contributed by atoms with Gasteiger partial charge in [0.15, 0.2) is 6.10 Å². The van der Waals surface area contributed by atoms with Crippen LogP contribution in [0.4, 0.5) is 0 Å². The van der Waals surface area contributed by atoms with Crippen LogP contribution < -0.4 is 15.7 Å². The zero-order valence-corrected chi connectivity index (χ0v) is 16.2. The predicted molar refractivity (Wildman–Crippen MR) is 104 cm³/mol. The van der Waals surface area contributed by atoms with E-state index in [0.717, 1.165) is 0 Å². The van der Waals surface area contributed by atoms with E-state index in [9.17, 15) is 14.4 Å². The molecule has 3 rings (SSSR count). The molecule has 0 aliphatic carbocycles. The van der Waals surface area contributed by atoms with Gasteiger partial charge < -0.3 is 24.0 Å². The number of aromatic carboxylic acids is 1. The number of carbonyl (C=O) groups excluding carboxylic acids is 1. The van der Waals surface area contributed by atoms with Crippen LogP contribution in [-0.4, -0.2) is 23.5 Å². The third-order valence-electron chi connectivity index (χ3n) is 4.17. The summed E-state index contributed by atoms with van der Waals surface area (Å²) in [6.45, 7) is 6.07. The van der Waals surface area contributed by atoms with Crippen molar-refractivity contribution in [2.75, 3.05) is 6.54 Å². The summed E-state index contributed by atoms with van der Waals surface area (Å²) >= 11 is 0. The highest BCUT2D eigenvalue weighted by Gasteiger charge is 2.17. The number of fused-ring (bicyclic) bond motifs is 1.